The van der Waals surface area contributed by atoms with Crippen LogP contribution in [0, 0.1) is 6.92 Å². The summed E-state index contributed by atoms with van der Waals surface area (Å²) in [5.74, 6) is 0.918. The first-order chi connectivity index (χ1) is 15.1. The van der Waals surface area contributed by atoms with Crippen molar-refractivity contribution in [2.75, 3.05) is 13.7 Å². The summed E-state index contributed by atoms with van der Waals surface area (Å²) in [5.41, 5.74) is 5.09. The molecule has 0 aliphatic heterocycles. The number of benzene rings is 2. The molecule has 0 bridgehead atoms. The van der Waals surface area contributed by atoms with E-state index >= 15 is 0 Å². The molecule has 2 aromatic carbocycles. The van der Waals surface area contributed by atoms with Gasteiger partial charge in [-0.15, -0.1) is 0 Å². The van der Waals surface area contributed by atoms with Crippen LogP contribution in [0.2, 0.25) is 0 Å². The molecule has 0 unspecified atom stereocenters. The van der Waals surface area contributed by atoms with E-state index in [0.717, 1.165) is 34.6 Å². The molecule has 0 saturated carbocycles. The molecule has 0 fully saturated rings. The summed E-state index contributed by atoms with van der Waals surface area (Å²) >= 11 is 0. The predicted molar refractivity (Wildman–Crippen MR) is 122 cm³/mol. The van der Waals surface area contributed by atoms with E-state index in [9.17, 15) is 4.79 Å². The number of amides is 1. The second-order valence-electron chi connectivity index (χ2n) is 7.73. The summed E-state index contributed by atoms with van der Waals surface area (Å²) in [6.45, 7) is 3.26. The fourth-order valence-corrected chi connectivity index (χ4v) is 3.71. The van der Waals surface area contributed by atoms with E-state index in [1.807, 2.05) is 71.1 Å². The maximum absolute atomic E-state index is 13.3. The number of imidazole rings is 1. The van der Waals surface area contributed by atoms with E-state index in [-0.39, 0.29) is 12.3 Å². The maximum atomic E-state index is 13.3. The third-order valence-corrected chi connectivity index (χ3v) is 5.46. The van der Waals surface area contributed by atoms with Crippen LogP contribution in [0.4, 0.5) is 0 Å². The SMILES string of the molecule is COc1ccc(CCN(Cc2ccccc2)C(=O)Cc2cn3cccc(C)c3n2)cc1. The smallest absolute Gasteiger partial charge is 0.228 e. The summed E-state index contributed by atoms with van der Waals surface area (Å²) in [4.78, 5) is 19.9. The van der Waals surface area contributed by atoms with Crippen LogP contribution in [-0.4, -0.2) is 33.8 Å². The zero-order valence-corrected chi connectivity index (χ0v) is 18.0. The highest BCUT2D eigenvalue weighted by Gasteiger charge is 2.17. The molecule has 5 heteroatoms. The number of pyridine rings is 1. The lowest BCUT2D eigenvalue weighted by Crippen LogP contribution is -2.33. The number of nitrogens with zero attached hydrogens (tertiary/aromatic N) is 3. The number of fused-ring (bicyclic) bond motifs is 1. The Balaban J connectivity index is 1.50. The van der Waals surface area contributed by atoms with Crippen LogP contribution in [0.25, 0.3) is 5.65 Å². The highest BCUT2D eigenvalue weighted by Crippen LogP contribution is 2.15. The standard InChI is InChI=1S/C26H27N3O2/c1-20-7-6-15-29-19-23(27-26(20)29)17-25(30)28(18-22-8-4-3-5-9-22)16-14-21-10-12-24(31-2)13-11-21/h3-13,15,19H,14,16-18H2,1-2H3. The zero-order valence-electron chi connectivity index (χ0n) is 18.0. The van der Waals surface area contributed by atoms with Crippen molar-refractivity contribution in [3.8, 4) is 5.75 Å². The van der Waals surface area contributed by atoms with Gasteiger partial charge in [-0.25, -0.2) is 4.98 Å². The van der Waals surface area contributed by atoms with Crippen LogP contribution in [0.15, 0.2) is 79.1 Å². The minimum Gasteiger partial charge on any atom is -0.497 e. The van der Waals surface area contributed by atoms with E-state index in [1.165, 1.54) is 5.56 Å². The van der Waals surface area contributed by atoms with Gasteiger partial charge < -0.3 is 14.0 Å². The lowest BCUT2D eigenvalue weighted by atomic mass is 10.1. The highest BCUT2D eigenvalue weighted by molar-refractivity contribution is 5.78. The molecule has 0 saturated heterocycles. The number of aryl methyl sites for hydroxylation is 1. The fourth-order valence-electron chi connectivity index (χ4n) is 3.71. The van der Waals surface area contributed by atoms with Gasteiger partial charge in [0.1, 0.15) is 11.4 Å². The molecular formula is C26H27N3O2. The summed E-state index contributed by atoms with van der Waals surface area (Å²) in [6.07, 6.45) is 4.99. The van der Waals surface area contributed by atoms with Gasteiger partial charge >= 0.3 is 0 Å². The molecule has 5 nitrogen and oxygen atoms in total. The largest absolute Gasteiger partial charge is 0.497 e. The lowest BCUT2D eigenvalue weighted by molar-refractivity contribution is -0.131. The Morgan fingerprint density at radius 3 is 2.48 bits per heavy atom. The monoisotopic (exact) mass is 413 g/mol. The maximum Gasteiger partial charge on any atom is 0.228 e. The van der Waals surface area contributed by atoms with Gasteiger partial charge in [-0.1, -0.05) is 48.5 Å². The van der Waals surface area contributed by atoms with Gasteiger partial charge in [0.2, 0.25) is 5.91 Å². The first-order valence-electron chi connectivity index (χ1n) is 10.5. The lowest BCUT2D eigenvalue weighted by Gasteiger charge is -2.23. The van der Waals surface area contributed by atoms with Crippen molar-refractivity contribution in [3.63, 3.8) is 0 Å². The van der Waals surface area contributed by atoms with Crippen LogP contribution in [0.3, 0.4) is 0 Å². The van der Waals surface area contributed by atoms with E-state index in [2.05, 4.69) is 29.2 Å². The molecule has 0 atom stereocenters. The predicted octanol–water partition coefficient (Wildman–Crippen LogP) is 4.47. The van der Waals surface area contributed by atoms with Crippen LogP contribution in [0.5, 0.6) is 5.75 Å². The van der Waals surface area contributed by atoms with Gasteiger partial charge in [-0.3, -0.25) is 4.79 Å². The molecule has 2 aromatic heterocycles. The van der Waals surface area contributed by atoms with E-state index in [1.54, 1.807) is 7.11 Å². The van der Waals surface area contributed by atoms with E-state index < -0.39 is 0 Å². The van der Waals surface area contributed by atoms with Crippen molar-refractivity contribution in [2.45, 2.75) is 26.3 Å². The average molecular weight is 414 g/mol. The molecule has 2 heterocycles. The first kappa shape index (κ1) is 20.7. The molecule has 31 heavy (non-hydrogen) atoms. The second kappa shape index (κ2) is 9.47. The Labute approximate surface area is 182 Å². The Kier molecular flexibility index (Phi) is 6.32. The molecule has 158 valence electrons. The number of methoxy groups -OCH3 is 1. The first-order valence-corrected chi connectivity index (χ1v) is 10.5. The summed E-state index contributed by atoms with van der Waals surface area (Å²) in [5, 5.41) is 0. The van der Waals surface area contributed by atoms with Gasteiger partial charge in [-0.05, 0) is 48.2 Å². The van der Waals surface area contributed by atoms with Gasteiger partial charge in [-0.2, -0.15) is 0 Å². The molecule has 4 aromatic rings. The Bertz CT molecular complexity index is 1150. The molecule has 4 rings (SSSR count). The summed E-state index contributed by atoms with van der Waals surface area (Å²) in [6, 6.07) is 22.2. The molecule has 0 aliphatic carbocycles. The van der Waals surface area contributed by atoms with Crippen molar-refractivity contribution >= 4 is 11.6 Å². The van der Waals surface area contributed by atoms with Gasteiger partial charge in [0.15, 0.2) is 0 Å². The minimum atomic E-state index is 0.0819. The minimum absolute atomic E-state index is 0.0819. The molecule has 0 N–H and O–H groups in total. The Hall–Kier alpha value is -3.60. The van der Waals surface area contributed by atoms with Gasteiger partial charge in [0.25, 0.3) is 0 Å². The second-order valence-corrected chi connectivity index (χ2v) is 7.73. The number of rotatable bonds is 8. The molecule has 0 aliphatic rings. The number of ether oxygens (including phenoxy) is 1. The number of aromatic nitrogens is 2. The quantitative estimate of drug-likeness (QED) is 0.428. The van der Waals surface area contributed by atoms with Gasteiger partial charge in [0, 0.05) is 25.5 Å². The van der Waals surface area contributed by atoms with Crippen molar-refractivity contribution in [1.29, 1.82) is 0 Å². The average Bonchev–Trinajstić information content (AvgIpc) is 3.21. The highest BCUT2D eigenvalue weighted by atomic mass is 16.5. The van der Waals surface area contributed by atoms with E-state index in [4.69, 9.17) is 4.74 Å². The fraction of sp³-hybridized carbons (Fsp3) is 0.231. The van der Waals surface area contributed by atoms with Crippen LogP contribution >= 0.6 is 0 Å². The molecule has 1 amide bonds. The van der Waals surface area contributed by atoms with Crippen molar-refractivity contribution in [3.05, 3.63) is 102 Å². The van der Waals surface area contributed by atoms with Crippen LogP contribution in [0.1, 0.15) is 22.4 Å². The van der Waals surface area contributed by atoms with Gasteiger partial charge in [0.05, 0.1) is 19.2 Å². The zero-order chi connectivity index (χ0) is 21.6. The summed E-state index contributed by atoms with van der Waals surface area (Å²) < 4.78 is 7.22. The third-order valence-electron chi connectivity index (χ3n) is 5.46. The van der Waals surface area contributed by atoms with Crippen molar-refractivity contribution in [2.24, 2.45) is 0 Å². The topological polar surface area (TPSA) is 46.8 Å². The Morgan fingerprint density at radius 2 is 1.77 bits per heavy atom. The molecule has 0 radical (unpaired) electrons. The number of hydrogen-bond acceptors (Lipinski definition) is 3. The normalized spacial score (nSPS) is 10.9. The number of carbonyl (C=O) groups excluding carboxylic acids is 1. The van der Waals surface area contributed by atoms with Crippen molar-refractivity contribution < 1.29 is 9.53 Å². The Morgan fingerprint density at radius 1 is 1.00 bits per heavy atom. The number of hydrogen-bond donors (Lipinski definition) is 0. The molecule has 0 spiro atoms. The third kappa shape index (κ3) is 5.12. The van der Waals surface area contributed by atoms with E-state index in [0.29, 0.717) is 13.1 Å². The van der Waals surface area contributed by atoms with Crippen molar-refractivity contribution in [1.82, 2.24) is 14.3 Å². The molecular weight excluding hydrogens is 386 g/mol. The number of carbonyl (C=O) groups is 1. The van der Waals surface area contributed by atoms with Crippen LogP contribution in [-0.2, 0) is 24.2 Å². The van der Waals surface area contributed by atoms with Crippen LogP contribution < -0.4 is 4.74 Å². The summed E-state index contributed by atoms with van der Waals surface area (Å²) in [7, 11) is 1.66.